The van der Waals surface area contributed by atoms with Gasteiger partial charge in [0.2, 0.25) is 0 Å². The molecule has 0 radical (unpaired) electrons. The zero-order chi connectivity index (χ0) is 13.9. The van der Waals surface area contributed by atoms with Crippen LogP contribution < -0.4 is 9.46 Å². The van der Waals surface area contributed by atoms with Crippen LogP contribution in [-0.4, -0.2) is 21.4 Å². The summed E-state index contributed by atoms with van der Waals surface area (Å²) < 4.78 is 20.7. The minimum atomic E-state index is -1.12. The molecule has 4 nitrogen and oxygen atoms in total. The lowest BCUT2D eigenvalue weighted by Crippen LogP contribution is -2.40. The first-order valence-corrected chi connectivity index (χ1v) is 7.57. The molecule has 0 aliphatic heterocycles. The third kappa shape index (κ3) is 4.12. The lowest BCUT2D eigenvalue weighted by atomic mass is 10.2. The quantitative estimate of drug-likeness (QED) is 0.860. The normalized spacial score (nSPS) is 15.3. The van der Waals surface area contributed by atoms with E-state index in [1.807, 2.05) is 33.8 Å². The highest BCUT2D eigenvalue weighted by molar-refractivity contribution is 9.10. The van der Waals surface area contributed by atoms with Crippen LogP contribution in [0.15, 0.2) is 16.7 Å². The van der Waals surface area contributed by atoms with E-state index in [0.717, 1.165) is 10.2 Å². The van der Waals surface area contributed by atoms with Crippen LogP contribution in [0.25, 0.3) is 0 Å². The van der Waals surface area contributed by atoms with Crippen LogP contribution in [0.4, 0.5) is 0 Å². The molecule has 0 aromatic carbocycles. The second-order valence-electron chi connectivity index (χ2n) is 4.96. The van der Waals surface area contributed by atoms with E-state index in [1.54, 1.807) is 13.3 Å². The van der Waals surface area contributed by atoms with Crippen LogP contribution in [0.1, 0.15) is 39.4 Å². The standard InChI is InChI=1S/C12H19BrN2O2S/c1-8(15-18(16)12(2,3)4)10-6-9(13)11(17-5)7-14-10/h6-8,15H,1-5H3/t8-,18?/m1/s1. The summed E-state index contributed by atoms with van der Waals surface area (Å²) in [4.78, 5) is 4.29. The molecule has 102 valence electrons. The van der Waals surface area contributed by atoms with Crippen molar-refractivity contribution in [1.82, 2.24) is 9.71 Å². The van der Waals surface area contributed by atoms with E-state index in [0.29, 0.717) is 5.75 Å². The lowest BCUT2D eigenvalue weighted by Gasteiger charge is -2.26. The molecule has 6 heteroatoms. The van der Waals surface area contributed by atoms with Crippen molar-refractivity contribution in [3.05, 3.63) is 22.4 Å². The van der Waals surface area contributed by atoms with Gasteiger partial charge in [0, 0.05) is 11.4 Å². The van der Waals surface area contributed by atoms with Gasteiger partial charge in [0.1, 0.15) is 4.75 Å². The van der Waals surface area contributed by atoms with Crippen molar-refractivity contribution in [2.45, 2.75) is 38.5 Å². The molecular formula is C12H19BrN2O2S. The van der Waals surface area contributed by atoms with E-state index in [9.17, 15) is 4.55 Å². The minimum Gasteiger partial charge on any atom is -0.598 e. The van der Waals surface area contributed by atoms with Crippen LogP contribution in [-0.2, 0) is 11.4 Å². The topological polar surface area (TPSA) is 57.2 Å². The number of hydrogen-bond acceptors (Lipinski definition) is 4. The summed E-state index contributed by atoms with van der Waals surface area (Å²) in [6.07, 6.45) is 1.65. The van der Waals surface area contributed by atoms with Gasteiger partial charge in [-0.2, -0.15) is 0 Å². The Kier molecular flexibility index (Phi) is 5.46. The van der Waals surface area contributed by atoms with Gasteiger partial charge < -0.3 is 9.29 Å². The highest BCUT2D eigenvalue weighted by Crippen LogP contribution is 2.27. The molecule has 1 rings (SSSR count). The van der Waals surface area contributed by atoms with Crippen LogP contribution in [0, 0.1) is 0 Å². The van der Waals surface area contributed by atoms with Gasteiger partial charge in [0.25, 0.3) is 0 Å². The fraction of sp³-hybridized carbons (Fsp3) is 0.583. The fourth-order valence-corrected chi connectivity index (χ4v) is 2.51. The van der Waals surface area contributed by atoms with Crippen molar-refractivity contribution in [2.75, 3.05) is 7.11 Å². The highest BCUT2D eigenvalue weighted by atomic mass is 79.9. The van der Waals surface area contributed by atoms with Crippen LogP contribution in [0.5, 0.6) is 5.75 Å². The molecule has 0 saturated carbocycles. The molecule has 1 unspecified atom stereocenters. The average Bonchev–Trinajstić information content (AvgIpc) is 2.27. The molecule has 0 aliphatic rings. The number of halogens is 1. The van der Waals surface area contributed by atoms with Crippen LogP contribution in [0.3, 0.4) is 0 Å². The van der Waals surface area contributed by atoms with Crippen molar-refractivity contribution in [2.24, 2.45) is 0 Å². The summed E-state index contributed by atoms with van der Waals surface area (Å²) in [5.41, 5.74) is 0.820. The van der Waals surface area contributed by atoms with E-state index in [2.05, 4.69) is 25.6 Å². The third-order valence-electron chi connectivity index (χ3n) is 2.34. The molecule has 0 amide bonds. The molecule has 18 heavy (non-hydrogen) atoms. The molecular weight excluding hydrogens is 316 g/mol. The van der Waals surface area contributed by atoms with Crippen molar-refractivity contribution in [1.29, 1.82) is 0 Å². The number of nitrogens with zero attached hydrogens (tertiary/aromatic N) is 1. The predicted molar refractivity (Wildman–Crippen MR) is 77.9 cm³/mol. The Labute approximate surface area is 120 Å². The summed E-state index contributed by atoms with van der Waals surface area (Å²) in [5.74, 6) is 0.683. The summed E-state index contributed by atoms with van der Waals surface area (Å²) in [6.45, 7) is 7.73. The van der Waals surface area contributed by atoms with Crippen molar-refractivity contribution >= 4 is 27.3 Å². The first-order chi connectivity index (χ1) is 8.25. The summed E-state index contributed by atoms with van der Waals surface area (Å²) in [7, 11) is 1.60. The second-order valence-corrected chi connectivity index (χ2v) is 7.82. The second kappa shape index (κ2) is 6.23. The summed E-state index contributed by atoms with van der Waals surface area (Å²) >= 11 is 2.29. The van der Waals surface area contributed by atoms with Gasteiger partial charge in [-0.15, -0.1) is 4.72 Å². The fourth-order valence-electron chi connectivity index (χ4n) is 1.22. The van der Waals surface area contributed by atoms with Gasteiger partial charge in [-0.05, 0) is 49.7 Å². The van der Waals surface area contributed by atoms with Gasteiger partial charge >= 0.3 is 0 Å². The predicted octanol–water partition coefficient (Wildman–Crippen LogP) is 2.97. The lowest BCUT2D eigenvalue weighted by molar-refractivity contribution is 0.409. The van der Waals surface area contributed by atoms with Crippen molar-refractivity contribution in [3.8, 4) is 5.75 Å². The highest BCUT2D eigenvalue weighted by Gasteiger charge is 2.28. The van der Waals surface area contributed by atoms with E-state index in [-0.39, 0.29) is 10.8 Å². The molecule has 1 heterocycles. The average molecular weight is 335 g/mol. The van der Waals surface area contributed by atoms with E-state index in [4.69, 9.17) is 4.74 Å². The first kappa shape index (κ1) is 15.8. The van der Waals surface area contributed by atoms with Crippen LogP contribution >= 0.6 is 15.9 Å². The van der Waals surface area contributed by atoms with E-state index < -0.39 is 11.4 Å². The zero-order valence-electron chi connectivity index (χ0n) is 11.3. The molecule has 0 bridgehead atoms. The number of hydrogen-bond donors (Lipinski definition) is 1. The Balaban J connectivity index is 2.79. The Morgan fingerprint density at radius 1 is 1.50 bits per heavy atom. The summed E-state index contributed by atoms with van der Waals surface area (Å²) in [5, 5.41) is 0. The van der Waals surface area contributed by atoms with E-state index >= 15 is 0 Å². The van der Waals surface area contributed by atoms with Gasteiger partial charge in [0.05, 0.1) is 29.5 Å². The van der Waals surface area contributed by atoms with Crippen molar-refractivity contribution < 1.29 is 9.29 Å². The number of methoxy groups -OCH3 is 1. The molecule has 0 saturated heterocycles. The molecule has 1 N–H and O–H groups in total. The Morgan fingerprint density at radius 2 is 2.11 bits per heavy atom. The zero-order valence-corrected chi connectivity index (χ0v) is 13.7. The molecule has 1 aromatic heterocycles. The molecule has 1 aromatic rings. The molecule has 0 fully saturated rings. The number of nitrogens with one attached hydrogen (secondary N) is 1. The van der Waals surface area contributed by atoms with Gasteiger partial charge in [-0.3, -0.25) is 4.98 Å². The van der Waals surface area contributed by atoms with Gasteiger partial charge in [-0.25, -0.2) is 0 Å². The Hall–Kier alpha value is -0.300. The van der Waals surface area contributed by atoms with Crippen LogP contribution in [0.2, 0.25) is 0 Å². The largest absolute Gasteiger partial charge is 0.598 e. The summed E-state index contributed by atoms with van der Waals surface area (Å²) in [6, 6.07) is 1.78. The maximum atomic E-state index is 12.0. The molecule has 0 aliphatic carbocycles. The van der Waals surface area contributed by atoms with Gasteiger partial charge in [-0.1, -0.05) is 0 Å². The monoisotopic (exact) mass is 334 g/mol. The number of pyridine rings is 1. The molecule has 0 spiro atoms. The number of rotatable bonds is 4. The van der Waals surface area contributed by atoms with E-state index in [1.165, 1.54) is 0 Å². The van der Waals surface area contributed by atoms with Gasteiger partial charge in [0.15, 0.2) is 5.75 Å². The number of aromatic nitrogens is 1. The van der Waals surface area contributed by atoms with Crippen molar-refractivity contribution in [3.63, 3.8) is 0 Å². The third-order valence-corrected chi connectivity index (χ3v) is 4.64. The maximum absolute atomic E-state index is 12.0. The molecule has 2 atom stereocenters. The first-order valence-electron chi connectivity index (χ1n) is 5.63. The minimum absolute atomic E-state index is 0.0905. The number of ether oxygens (including phenoxy) is 1. The Bertz CT molecular complexity index is 410. The maximum Gasteiger partial charge on any atom is 0.151 e. The SMILES string of the molecule is COc1cnc([C@@H](C)N[S+]([O-])C(C)(C)C)cc1Br. The Morgan fingerprint density at radius 3 is 2.56 bits per heavy atom. The smallest absolute Gasteiger partial charge is 0.151 e.